The molecule has 0 aromatic heterocycles. The van der Waals surface area contributed by atoms with Crippen LogP contribution in [-0.4, -0.2) is 24.6 Å². The third-order valence-corrected chi connectivity index (χ3v) is 2.83. The number of para-hydroxylation sites is 1. The van der Waals surface area contributed by atoms with Crippen LogP contribution in [0.5, 0.6) is 5.75 Å². The molecule has 124 valence electrons. The van der Waals surface area contributed by atoms with E-state index in [1.54, 1.807) is 30.3 Å². The first-order valence-electron chi connectivity index (χ1n) is 7.11. The summed E-state index contributed by atoms with van der Waals surface area (Å²) in [6.45, 7) is 1.08. The van der Waals surface area contributed by atoms with Crippen molar-refractivity contribution in [3.63, 3.8) is 0 Å². The third-order valence-electron chi connectivity index (χ3n) is 2.83. The molecule has 6 nitrogen and oxygen atoms in total. The van der Waals surface area contributed by atoms with Gasteiger partial charge in [0.1, 0.15) is 0 Å². The molecule has 0 radical (unpaired) electrons. The van der Waals surface area contributed by atoms with Crippen molar-refractivity contribution in [2.45, 2.75) is 6.92 Å². The van der Waals surface area contributed by atoms with Crippen LogP contribution in [-0.2, 0) is 9.59 Å². The summed E-state index contributed by atoms with van der Waals surface area (Å²) in [5, 5.41) is 6.42. The molecule has 2 aromatic carbocycles. The average molecular weight is 329 g/mol. The topological polar surface area (TPSA) is 79.8 Å². The number of hydrazone groups is 1. The van der Waals surface area contributed by atoms with E-state index in [9.17, 15) is 14.0 Å². The van der Waals surface area contributed by atoms with Crippen LogP contribution in [0.4, 0.5) is 10.1 Å². The van der Waals surface area contributed by atoms with Crippen LogP contribution in [0.3, 0.4) is 0 Å². The van der Waals surface area contributed by atoms with Crippen LogP contribution < -0.4 is 15.5 Å². The Morgan fingerprint density at radius 1 is 1.17 bits per heavy atom. The van der Waals surface area contributed by atoms with E-state index < -0.39 is 11.7 Å². The molecule has 0 saturated carbocycles. The number of ether oxygens (including phenoxy) is 1. The predicted octanol–water partition coefficient (Wildman–Crippen LogP) is 2.31. The number of amides is 2. The SMILES string of the molecule is CC(=O)Nc1ccc(C=NNC(=O)COc2ccccc2F)cc1. The molecular weight excluding hydrogens is 313 g/mol. The molecule has 0 unspecified atom stereocenters. The Hall–Kier alpha value is -3.22. The van der Waals surface area contributed by atoms with E-state index >= 15 is 0 Å². The van der Waals surface area contributed by atoms with Gasteiger partial charge in [0.15, 0.2) is 18.2 Å². The van der Waals surface area contributed by atoms with Gasteiger partial charge in [0.25, 0.3) is 5.91 Å². The summed E-state index contributed by atoms with van der Waals surface area (Å²) in [5.74, 6) is -1.19. The van der Waals surface area contributed by atoms with E-state index in [1.165, 1.54) is 31.3 Å². The second-order valence-electron chi connectivity index (χ2n) is 4.82. The highest BCUT2D eigenvalue weighted by Gasteiger charge is 2.05. The summed E-state index contributed by atoms with van der Waals surface area (Å²) in [7, 11) is 0. The molecule has 2 amide bonds. The van der Waals surface area contributed by atoms with Crippen molar-refractivity contribution in [1.82, 2.24) is 5.43 Å². The van der Waals surface area contributed by atoms with Crippen molar-refractivity contribution < 1.29 is 18.7 Å². The molecule has 24 heavy (non-hydrogen) atoms. The van der Waals surface area contributed by atoms with E-state index in [-0.39, 0.29) is 18.3 Å². The largest absolute Gasteiger partial charge is 0.481 e. The molecule has 0 fully saturated rings. The molecule has 2 aromatic rings. The van der Waals surface area contributed by atoms with Crippen molar-refractivity contribution in [3.8, 4) is 5.75 Å². The predicted molar refractivity (Wildman–Crippen MR) is 88.4 cm³/mol. The highest BCUT2D eigenvalue weighted by molar-refractivity contribution is 5.89. The van der Waals surface area contributed by atoms with Gasteiger partial charge in [0.2, 0.25) is 5.91 Å². The number of anilines is 1. The molecule has 0 spiro atoms. The number of rotatable bonds is 6. The Labute approximate surface area is 138 Å². The smallest absolute Gasteiger partial charge is 0.277 e. The van der Waals surface area contributed by atoms with Crippen LogP contribution in [0.1, 0.15) is 12.5 Å². The van der Waals surface area contributed by atoms with Crippen molar-refractivity contribution >= 4 is 23.7 Å². The van der Waals surface area contributed by atoms with Crippen LogP contribution in [0.15, 0.2) is 53.6 Å². The molecule has 0 aliphatic carbocycles. The zero-order valence-electron chi connectivity index (χ0n) is 13.0. The zero-order chi connectivity index (χ0) is 17.4. The summed E-state index contributed by atoms with van der Waals surface area (Å²) in [6.07, 6.45) is 1.44. The first-order valence-corrected chi connectivity index (χ1v) is 7.11. The van der Waals surface area contributed by atoms with Crippen molar-refractivity contribution in [2.75, 3.05) is 11.9 Å². The maximum Gasteiger partial charge on any atom is 0.277 e. The number of carbonyl (C=O) groups excluding carboxylic acids is 2. The number of hydrogen-bond donors (Lipinski definition) is 2. The second kappa shape index (κ2) is 8.42. The zero-order valence-corrected chi connectivity index (χ0v) is 13.0. The molecule has 0 aliphatic heterocycles. The van der Waals surface area contributed by atoms with E-state index in [4.69, 9.17) is 4.74 Å². The van der Waals surface area contributed by atoms with Crippen LogP contribution >= 0.6 is 0 Å². The first-order chi connectivity index (χ1) is 11.5. The molecule has 0 heterocycles. The Morgan fingerprint density at radius 2 is 1.88 bits per heavy atom. The molecule has 2 rings (SSSR count). The minimum atomic E-state index is -0.534. The fraction of sp³-hybridized carbons (Fsp3) is 0.118. The normalized spacial score (nSPS) is 10.4. The summed E-state index contributed by atoms with van der Waals surface area (Å²) >= 11 is 0. The van der Waals surface area contributed by atoms with Crippen LogP contribution in [0.25, 0.3) is 0 Å². The first kappa shape index (κ1) is 17.1. The van der Waals surface area contributed by atoms with Crippen LogP contribution in [0, 0.1) is 5.82 Å². The monoisotopic (exact) mass is 329 g/mol. The van der Waals surface area contributed by atoms with E-state index in [1.807, 2.05) is 0 Å². The fourth-order valence-electron chi connectivity index (χ4n) is 1.77. The van der Waals surface area contributed by atoms with E-state index in [0.717, 1.165) is 5.56 Å². The third kappa shape index (κ3) is 5.53. The maximum atomic E-state index is 13.3. The highest BCUT2D eigenvalue weighted by atomic mass is 19.1. The number of nitrogens with zero attached hydrogens (tertiary/aromatic N) is 1. The molecule has 7 heteroatoms. The van der Waals surface area contributed by atoms with Gasteiger partial charge in [0, 0.05) is 12.6 Å². The maximum absolute atomic E-state index is 13.3. The number of benzene rings is 2. The lowest BCUT2D eigenvalue weighted by atomic mass is 10.2. The molecule has 2 N–H and O–H groups in total. The van der Waals surface area contributed by atoms with Gasteiger partial charge in [-0.2, -0.15) is 5.10 Å². The van der Waals surface area contributed by atoms with E-state index in [0.29, 0.717) is 5.69 Å². The van der Waals surface area contributed by atoms with Gasteiger partial charge < -0.3 is 10.1 Å². The van der Waals surface area contributed by atoms with Gasteiger partial charge in [-0.15, -0.1) is 0 Å². The number of carbonyl (C=O) groups is 2. The average Bonchev–Trinajstić information content (AvgIpc) is 2.55. The number of halogens is 1. The minimum absolute atomic E-state index is 0.00481. The molecule has 0 saturated heterocycles. The summed E-state index contributed by atoms with van der Waals surface area (Å²) in [6, 6.07) is 12.7. The van der Waals surface area contributed by atoms with E-state index in [2.05, 4.69) is 15.8 Å². The van der Waals surface area contributed by atoms with Gasteiger partial charge in [-0.1, -0.05) is 24.3 Å². The molecule has 0 bridgehead atoms. The van der Waals surface area contributed by atoms with Gasteiger partial charge in [-0.25, -0.2) is 9.82 Å². The lowest BCUT2D eigenvalue weighted by molar-refractivity contribution is -0.123. The van der Waals surface area contributed by atoms with Gasteiger partial charge in [0.05, 0.1) is 6.21 Å². The highest BCUT2D eigenvalue weighted by Crippen LogP contribution is 2.14. The standard InChI is InChI=1S/C17H16FN3O3/c1-12(22)20-14-8-6-13(7-9-14)10-19-21-17(23)11-24-16-5-3-2-4-15(16)18/h2-10H,11H2,1H3,(H,20,22)(H,21,23). The molecule has 0 aliphatic rings. The van der Waals surface area contributed by atoms with Gasteiger partial charge in [-0.3, -0.25) is 9.59 Å². The van der Waals surface area contributed by atoms with Gasteiger partial charge >= 0.3 is 0 Å². The second-order valence-corrected chi connectivity index (χ2v) is 4.82. The Bertz CT molecular complexity index is 745. The van der Waals surface area contributed by atoms with Crippen molar-refractivity contribution in [3.05, 3.63) is 59.9 Å². The lowest BCUT2D eigenvalue weighted by Crippen LogP contribution is -2.24. The van der Waals surface area contributed by atoms with Crippen molar-refractivity contribution in [2.24, 2.45) is 5.10 Å². The summed E-state index contributed by atoms with van der Waals surface area (Å²) in [5.41, 5.74) is 3.69. The Balaban J connectivity index is 1.79. The molecular formula is C17H16FN3O3. The quantitative estimate of drug-likeness (QED) is 0.630. The number of nitrogens with one attached hydrogen (secondary N) is 2. The van der Waals surface area contributed by atoms with Crippen molar-refractivity contribution in [1.29, 1.82) is 0 Å². The minimum Gasteiger partial charge on any atom is -0.481 e. The molecule has 0 atom stereocenters. The fourth-order valence-corrected chi connectivity index (χ4v) is 1.77. The number of hydrogen-bond acceptors (Lipinski definition) is 4. The lowest BCUT2D eigenvalue weighted by Gasteiger charge is -2.05. The Morgan fingerprint density at radius 3 is 2.54 bits per heavy atom. The van der Waals surface area contributed by atoms with Gasteiger partial charge in [-0.05, 0) is 29.8 Å². The summed E-state index contributed by atoms with van der Waals surface area (Å²) < 4.78 is 18.4. The Kier molecular flexibility index (Phi) is 6.01. The van der Waals surface area contributed by atoms with Crippen LogP contribution in [0.2, 0.25) is 0 Å². The summed E-state index contributed by atoms with van der Waals surface area (Å²) in [4.78, 5) is 22.5.